The van der Waals surface area contributed by atoms with Gasteiger partial charge in [-0.2, -0.15) is 5.48 Å². The van der Waals surface area contributed by atoms with Gasteiger partial charge in [0.05, 0.1) is 12.8 Å². The number of hydrogen-bond acceptors (Lipinski definition) is 3. The Morgan fingerprint density at radius 3 is 2.93 bits per heavy atom. The molecule has 1 N–H and O–H groups in total. The van der Waals surface area contributed by atoms with Gasteiger partial charge in [0, 0.05) is 12.7 Å². The minimum Gasteiger partial charge on any atom is -0.301 e. The van der Waals surface area contributed by atoms with Crippen LogP contribution in [0.15, 0.2) is 18.5 Å². The monoisotopic (exact) mass is 198 g/mol. The second-order valence-electron chi connectivity index (χ2n) is 3.54. The summed E-state index contributed by atoms with van der Waals surface area (Å²) in [6.07, 6.45) is 2.79. The van der Waals surface area contributed by atoms with E-state index in [0.717, 1.165) is 5.56 Å². The van der Waals surface area contributed by atoms with Crippen molar-refractivity contribution in [2.24, 2.45) is 5.92 Å². The van der Waals surface area contributed by atoms with E-state index >= 15 is 0 Å². The summed E-state index contributed by atoms with van der Waals surface area (Å²) in [5, 5.41) is 0. The molecule has 0 aliphatic carbocycles. The highest BCUT2D eigenvalue weighted by Crippen LogP contribution is 2.00. The fraction of sp³-hybridized carbons (Fsp3) is 0.500. The third-order valence-corrected chi connectivity index (χ3v) is 1.56. The average Bonchev–Trinajstić information content (AvgIpc) is 2.12. The molecule has 3 nitrogen and oxygen atoms in total. The molecule has 1 aromatic heterocycles. The van der Waals surface area contributed by atoms with Crippen LogP contribution in [-0.2, 0) is 11.4 Å². The first-order valence-corrected chi connectivity index (χ1v) is 4.62. The average molecular weight is 198 g/mol. The standard InChI is InChI=1S/C10H15FN2O/c1-8(2)7-14-13-5-9-3-10(11)6-12-4-9/h3-4,6,8,13H,5,7H2,1-2H3. The first-order valence-electron chi connectivity index (χ1n) is 4.62. The van der Waals surface area contributed by atoms with Gasteiger partial charge in [-0.25, -0.2) is 4.39 Å². The lowest BCUT2D eigenvalue weighted by Crippen LogP contribution is -2.17. The van der Waals surface area contributed by atoms with Crippen LogP contribution in [0, 0.1) is 11.7 Å². The number of pyridine rings is 1. The van der Waals surface area contributed by atoms with Gasteiger partial charge in [0.15, 0.2) is 0 Å². The molecule has 0 radical (unpaired) electrons. The van der Waals surface area contributed by atoms with E-state index in [1.54, 1.807) is 6.20 Å². The minimum absolute atomic E-state index is 0.326. The summed E-state index contributed by atoms with van der Waals surface area (Å²) < 4.78 is 12.7. The van der Waals surface area contributed by atoms with E-state index in [1.165, 1.54) is 12.3 Å². The number of hydroxylamine groups is 1. The fourth-order valence-electron chi connectivity index (χ4n) is 0.912. The van der Waals surface area contributed by atoms with E-state index in [-0.39, 0.29) is 5.82 Å². The van der Waals surface area contributed by atoms with E-state index < -0.39 is 0 Å². The molecule has 14 heavy (non-hydrogen) atoms. The highest BCUT2D eigenvalue weighted by molar-refractivity contribution is 5.09. The zero-order chi connectivity index (χ0) is 10.4. The van der Waals surface area contributed by atoms with Crippen molar-refractivity contribution >= 4 is 0 Å². The molecule has 0 bridgehead atoms. The predicted molar refractivity (Wildman–Crippen MR) is 51.8 cm³/mol. The van der Waals surface area contributed by atoms with Crippen molar-refractivity contribution in [2.75, 3.05) is 6.61 Å². The topological polar surface area (TPSA) is 34.1 Å². The van der Waals surface area contributed by atoms with Crippen molar-refractivity contribution in [3.8, 4) is 0 Å². The SMILES string of the molecule is CC(C)CONCc1cncc(F)c1. The zero-order valence-electron chi connectivity index (χ0n) is 8.46. The Kier molecular flexibility index (Phi) is 4.49. The Morgan fingerprint density at radius 2 is 2.29 bits per heavy atom. The summed E-state index contributed by atoms with van der Waals surface area (Å²) in [4.78, 5) is 8.87. The molecule has 78 valence electrons. The molecule has 0 unspecified atom stereocenters. The summed E-state index contributed by atoms with van der Waals surface area (Å²) >= 11 is 0. The van der Waals surface area contributed by atoms with Crippen LogP contribution < -0.4 is 5.48 Å². The van der Waals surface area contributed by atoms with Gasteiger partial charge in [-0.1, -0.05) is 13.8 Å². The van der Waals surface area contributed by atoms with Crippen LogP contribution in [0.3, 0.4) is 0 Å². The van der Waals surface area contributed by atoms with Gasteiger partial charge in [-0.3, -0.25) is 4.98 Å². The summed E-state index contributed by atoms with van der Waals surface area (Å²) in [6, 6.07) is 1.43. The maximum Gasteiger partial charge on any atom is 0.141 e. The van der Waals surface area contributed by atoms with Crippen LogP contribution in [0.5, 0.6) is 0 Å². The number of rotatable bonds is 5. The Morgan fingerprint density at radius 1 is 1.50 bits per heavy atom. The van der Waals surface area contributed by atoms with Crippen LogP contribution in [0.1, 0.15) is 19.4 Å². The van der Waals surface area contributed by atoms with Crippen molar-refractivity contribution in [3.63, 3.8) is 0 Å². The number of aromatic nitrogens is 1. The lowest BCUT2D eigenvalue weighted by Gasteiger charge is -2.07. The number of nitrogens with zero attached hydrogens (tertiary/aromatic N) is 1. The number of halogens is 1. The molecule has 0 spiro atoms. The van der Waals surface area contributed by atoms with Crippen LogP contribution in [0.25, 0.3) is 0 Å². The van der Waals surface area contributed by atoms with Crippen LogP contribution in [0.4, 0.5) is 4.39 Å². The fourth-order valence-corrected chi connectivity index (χ4v) is 0.912. The van der Waals surface area contributed by atoms with Gasteiger partial charge in [-0.05, 0) is 17.5 Å². The van der Waals surface area contributed by atoms with Gasteiger partial charge in [0.25, 0.3) is 0 Å². The lowest BCUT2D eigenvalue weighted by molar-refractivity contribution is 0.0195. The molecular formula is C10H15FN2O. The molecule has 4 heteroatoms. The van der Waals surface area contributed by atoms with Crippen molar-refractivity contribution in [2.45, 2.75) is 20.4 Å². The highest BCUT2D eigenvalue weighted by atomic mass is 19.1. The second-order valence-corrected chi connectivity index (χ2v) is 3.54. The van der Waals surface area contributed by atoms with E-state index in [9.17, 15) is 4.39 Å². The van der Waals surface area contributed by atoms with Crippen molar-refractivity contribution in [1.82, 2.24) is 10.5 Å². The Bertz CT molecular complexity index is 279. The third-order valence-electron chi connectivity index (χ3n) is 1.56. The normalized spacial score (nSPS) is 10.9. The highest BCUT2D eigenvalue weighted by Gasteiger charge is 1.97. The Balaban J connectivity index is 2.25. The molecular weight excluding hydrogens is 183 g/mol. The first-order chi connectivity index (χ1) is 6.68. The maximum atomic E-state index is 12.7. The molecule has 0 saturated carbocycles. The summed E-state index contributed by atoms with van der Waals surface area (Å²) in [5.74, 6) is 0.154. The smallest absolute Gasteiger partial charge is 0.141 e. The van der Waals surface area contributed by atoms with Gasteiger partial charge in [0.1, 0.15) is 5.82 Å². The zero-order valence-corrected chi connectivity index (χ0v) is 8.46. The van der Waals surface area contributed by atoms with Crippen LogP contribution >= 0.6 is 0 Å². The van der Waals surface area contributed by atoms with Gasteiger partial charge in [-0.15, -0.1) is 0 Å². The molecule has 1 aromatic rings. The molecule has 0 aliphatic heterocycles. The minimum atomic E-state index is -0.326. The van der Waals surface area contributed by atoms with Crippen LogP contribution in [-0.4, -0.2) is 11.6 Å². The molecule has 0 saturated heterocycles. The molecule has 0 atom stereocenters. The molecule has 0 amide bonds. The molecule has 0 fully saturated rings. The van der Waals surface area contributed by atoms with Crippen molar-refractivity contribution in [3.05, 3.63) is 29.8 Å². The molecule has 1 rings (SSSR count). The van der Waals surface area contributed by atoms with Gasteiger partial charge >= 0.3 is 0 Å². The quantitative estimate of drug-likeness (QED) is 0.579. The first kappa shape index (κ1) is 11.1. The molecule has 0 aliphatic rings. The molecule has 0 aromatic carbocycles. The Labute approximate surface area is 83.3 Å². The number of hydrogen-bond donors (Lipinski definition) is 1. The number of nitrogens with one attached hydrogen (secondary N) is 1. The second kappa shape index (κ2) is 5.67. The van der Waals surface area contributed by atoms with E-state index in [2.05, 4.69) is 24.3 Å². The van der Waals surface area contributed by atoms with Gasteiger partial charge in [0.2, 0.25) is 0 Å². The van der Waals surface area contributed by atoms with Crippen molar-refractivity contribution in [1.29, 1.82) is 0 Å². The van der Waals surface area contributed by atoms with E-state index in [4.69, 9.17) is 4.84 Å². The van der Waals surface area contributed by atoms with E-state index in [1.807, 2.05) is 0 Å². The third kappa shape index (κ3) is 4.30. The largest absolute Gasteiger partial charge is 0.301 e. The Hall–Kier alpha value is -1.00. The summed E-state index contributed by atoms with van der Waals surface area (Å²) in [5.41, 5.74) is 3.53. The summed E-state index contributed by atoms with van der Waals surface area (Å²) in [7, 11) is 0. The van der Waals surface area contributed by atoms with Gasteiger partial charge < -0.3 is 4.84 Å². The van der Waals surface area contributed by atoms with Crippen molar-refractivity contribution < 1.29 is 9.23 Å². The van der Waals surface area contributed by atoms with E-state index in [0.29, 0.717) is 19.1 Å². The maximum absolute atomic E-state index is 12.7. The predicted octanol–water partition coefficient (Wildman–Crippen LogP) is 1.90. The summed E-state index contributed by atoms with van der Waals surface area (Å²) in [6.45, 7) is 5.23. The van der Waals surface area contributed by atoms with Crippen LogP contribution in [0.2, 0.25) is 0 Å². The molecule has 1 heterocycles. The lowest BCUT2D eigenvalue weighted by atomic mass is 10.2.